The van der Waals surface area contributed by atoms with Crippen molar-refractivity contribution in [2.24, 2.45) is 10.9 Å². The number of nitrogens with one attached hydrogen (secondary N) is 1. The van der Waals surface area contributed by atoms with Crippen LogP contribution in [0.25, 0.3) is 0 Å². The molecule has 0 aromatic rings. The summed E-state index contributed by atoms with van der Waals surface area (Å²) in [7, 11) is 0. The minimum absolute atomic E-state index is 0.146. The number of likely N-dealkylation sites (tertiary alicyclic amines) is 1. The molecule has 2 aliphatic rings. The predicted molar refractivity (Wildman–Crippen MR) is 93.0 cm³/mol. The number of ether oxygens (including phenoxy) is 1. The number of aliphatic imine (C=N–C) groups is 1. The van der Waals surface area contributed by atoms with Crippen LogP contribution < -0.4 is 5.32 Å². The summed E-state index contributed by atoms with van der Waals surface area (Å²) in [6.07, 6.45) is 4.92. The molecule has 1 amide bonds. The van der Waals surface area contributed by atoms with Gasteiger partial charge in [-0.25, -0.2) is 4.39 Å². The maximum atomic E-state index is 13.1. The number of hydrogen-bond acceptors (Lipinski definition) is 4. The van der Waals surface area contributed by atoms with Crippen molar-refractivity contribution < 1.29 is 13.9 Å². The number of dihydropyridines is 1. The zero-order valence-electron chi connectivity index (χ0n) is 14.6. The van der Waals surface area contributed by atoms with E-state index < -0.39 is 11.7 Å². The van der Waals surface area contributed by atoms with E-state index in [0.29, 0.717) is 11.7 Å². The van der Waals surface area contributed by atoms with Crippen LogP contribution in [0.4, 0.5) is 4.39 Å². The Labute approximate surface area is 143 Å². The molecule has 2 unspecified atom stereocenters. The molecule has 6 heteroatoms. The van der Waals surface area contributed by atoms with Gasteiger partial charge in [0.05, 0.1) is 6.54 Å². The molecule has 1 saturated heterocycles. The number of hydrogen-bond donors (Lipinski definition) is 1. The number of rotatable bonds is 4. The van der Waals surface area contributed by atoms with Crippen molar-refractivity contribution in [3.05, 3.63) is 37.0 Å². The van der Waals surface area contributed by atoms with Gasteiger partial charge < -0.3 is 15.0 Å². The Bertz CT molecular complexity index is 590. The first kappa shape index (κ1) is 18.2. The molecule has 0 aromatic carbocycles. The molecule has 0 spiro atoms. The van der Waals surface area contributed by atoms with E-state index in [2.05, 4.69) is 23.5 Å². The summed E-state index contributed by atoms with van der Waals surface area (Å²) < 4.78 is 18.9. The molecule has 132 valence electrons. The zero-order valence-corrected chi connectivity index (χ0v) is 14.6. The lowest BCUT2D eigenvalue weighted by Crippen LogP contribution is -2.46. The monoisotopic (exact) mass is 335 g/mol. The summed E-state index contributed by atoms with van der Waals surface area (Å²) >= 11 is 0. The topological polar surface area (TPSA) is 53.9 Å². The van der Waals surface area contributed by atoms with Crippen LogP contribution in [0.3, 0.4) is 0 Å². The molecular formula is C18H26FN3O2. The number of carbonyl (C=O) groups excluding carboxylic acids is 1. The first-order valence-electron chi connectivity index (χ1n) is 8.20. The van der Waals surface area contributed by atoms with E-state index in [1.807, 2.05) is 25.7 Å². The second kappa shape index (κ2) is 7.20. The Morgan fingerprint density at radius 1 is 1.46 bits per heavy atom. The van der Waals surface area contributed by atoms with Gasteiger partial charge in [-0.2, -0.15) is 0 Å². The number of amidine groups is 1. The van der Waals surface area contributed by atoms with Gasteiger partial charge in [0, 0.05) is 12.5 Å². The zero-order chi connectivity index (χ0) is 17.9. The van der Waals surface area contributed by atoms with Gasteiger partial charge in [-0.05, 0) is 46.3 Å². The number of halogens is 1. The van der Waals surface area contributed by atoms with Crippen molar-refractivity contribution >= 4 is 11.7 Å². The van der Waals surface area contributed by atoms with E-state index in [1.54, 1.807) is 12.2 Å². The highest BCUT2D eigenvalue weighted by Crippen LogP contribution is 2.25. The molecule has 2 heterocycles. The van der Waals surface area contributed by atoms with Crippen LogP contribution in [0.1, 0.15) is 33.6 Å². The molecule has 2 rings (SSSR count). The molecule has 1 fully saturated rings. The molecule has 2 aliphatic heterocycles. The Hall–Kier alpha value is -2.11. The van der Waals surface area contributed by atoms with Crippen LogP contribution in [-0.2, 0) is 9.53 Å². The Balaban J connectivity index is 1.96. The minimum atomic E-state index is -0.419. The molecule has 1 N–H and O–H groups in total. The standard InChI is InChI=1S/C18H26FN3O2/c1-12(19)14-8-9-16(20-11-14)21-17(23)15-7-6-10-22(15)13(2)24-18(3,4)5/h8-9,14-15H,1-2,6-7,10-11H2,3-5H3,(H,20,21,23). The average Bonchev–Trinajstić information content (AvgIpc) is 2.95. The van der Waals surface area contributed by atoms with E-state index in [0.717, 1.165) is 19.4 Å². The third-order valence-electron chi connectivity index (χ3n) is 3.90. The quantitative estimate of drug-likeness (QED) is 0.804. The van der Waals surface area contributed by atoms with Crippen LogP contribution in [0, 0.1) is 5.92 Å². The van der Waals surface area contributed by atoms with Crippen LogP contribution in [0.5, 0.6) is 0 Å². The third kappa shape index (κ3) is 4.69. The highest BCUT2D eigenvalue weighted by Gasteiger charge is 2.34. The number of amides is 1. The number of carbonyl (C=O) groups is 1. The summed E-state index contributed by atoms with van der Waals surface area (Å²) in [5.41, 5.74) is -0.360. The van der Waals surface area contributed by atoms with Crippen molar-refractivity contribution in [1.82, 2.24) is 10.2 Å². The highest BCUT2D eigenvalue weighted by atomic mass is 19.1. The van der Waals surface area contributed by atoms with Crippen LogP contribution >= 0.6 is 0 Å². The molecule has 24 heavy (non-hydrogen) atoms. The van der Waals surface area contributed by atoms with E-state index in [1.165, 1.54) is 0 Å². The van der Waals surface area contributed by atoms with Gasteiger partial charge in [0.2, 0.25) is 5.91 Å². The Morgan fingerprint density at radius 3 is 2.71 bits per heavy atom. The average molecular weight is 335 g/mol. The fourth-order valence-corrected chi connectivity index (χ4v) is 2.76. The van der Waals surface area contributed by atoms with Crippen molar-refractivity contribution in [2.45, 2.75) is 45.3 Å². The van der Waals surface area contributed by atoms with Gasteiger partial charge in [0.15, 0.2) is 5.88 Å². The first-order chi connectivity index (χ1) is 11.2. The number of nitrogens with zero attached hydrogens (tertiary/aromatic N) is 2. The minimum Gasteiger partial charge on any atom is -0.474 e. The second-order valence-electron chi connectivity index (χ2n) is 7.09. The Kier molecular flexibility index (Phi) is 5.47. The molecule has 0 aromatic heterocycles. The largest absolute Gasteiger partial charge is 0.474 e. The highest BCUT2D eigenvalue weighted by molar-refractivity contribution is 6.06. The van der Waals surface area contributed by atoms with Gasteiger partial charge in [0.1, 0.15) is 23.3 Å². The van der Waals surface area contributed by atoms with Gasteiger partial charge in [0.25, 0.3) is 0 Å². The summed E-state index contributed by atoms with van der Waals surface area (Å²) in [5, 5.41) is 2.80. The lowest BCUT2D eigenvalue weighted by atomic mass is 10.1. The van der Waals surface area contributed by atoms with Gasteiger partial charge in [-0.15, -0.1) is 0 Å². The van der Waals surface area contributed by atoms with Crippen molar-refractivity contribution in [3.8, 4) is 0 Å². The van der Waals surface area contributed by atoms with E-state index in [9.17, 15) is 9.18 Å². The lowest BCUT2D eigenvalue weighted by Gasteiger charge is -2.32. The first-order valence-corrected chi connectivity index (χ1v) is 8.20. The predicted octanol–water partition coefficient (Wildman–Crippen LogP) is 2.92. The third-order valence-corrected chi connectivity index (χ3v) is 3.90. The summed E-state index contributed by atoms with van der Waals surface area (Å²) in [4.78, 5) is 18.6. The van der Waals surface area contributed by atoms with E-state index in [4.69, 9.17) is 4.74 Å². The molecule has 2 atom stereocenters. The van der Waals surface area contributed by atoms with Gasteiger partial charge in [-0.1, -0.05) is 12.7 Å². The summed E-state index contributed by atoms with van der Waals surface area (Å²) in [6.45, 7) is 14.1. The smallest absolute Gasteiger partial charge is 0.248 e. The maximum absolute atomic E-state index is 13.1. The van der Waals surface area contributed by atoms with Crippen LogP contribution in [0.15, 0.2) is 42.0 Å². The van der Waals surface area contributed by atoms with E-state index >= 15 is 0 Å². The molecule has 0 radical (unpaired) electrons. The van der Waals surface area contributed by atoms with E-state index in [-0.39, 0.29) is 24.1 Å². The Morgan fingerprint density at radius 2 is 2.17 bits per heavy atom. The maximum Gasteiger partial charge on any atom is 0.248 e. The van der Waals surface area contributed by atoms with Crippen molar-refractivity contribution in [3.63, 3.8) is 0 Å². The fourth-order valence-electron chi connectivity index (χ4n) is 2.76. The van der Waals surface area contributed by atoms with Crippen LogP contribution in [-0.4, -0.2) is 41.4 Å². The lowest BCUT2D eigenvalue weighted by molar-refractivity contribution is -0.125. The summed E-state index contributed by atoms with van der Waals surface area (Å²) in [5.74, 6) is -0.0135. The molecule has 5 nitrogen and oxygen atoms in total. The fraction of sp³-hybridized carbons (Fsp3) is 0.556. The SMILES string of the molecule is C=C(F)C1C=CC(NC(=O)C2CCCN2C(=C)OC(C)(C)C)=NC1. The van der Waals surface area contributed by atoms with Crippen molar-refractivity contribution in [1.29, 1.82) is 0 Å². The molecule has 0 bridgehead atoms. The second-order valence-corrected chi connectivity index (χ2v) is 7.09. The normalized spacial score (nSPS) is 23.7. The molecular weight excluding hydrogens is 309 g/mol. The molecule has 0 aliphatic carbocycles. The van der Waals surface area contributed by atoms with Crippen LogP contribution in [0.2, 0.25) is 0 Å². The molecule has 0 saturated carbocycles. The van der Waals surface area contributed by atoms with Gasteiger partial charge in [-0.3, -0.25) is 9.79 Å². The van der Waals surface area contributed by atoms with Gasteiger partial charge >= 0.3 is 0 Å². The van der Waals surface area contributed by atoms with Crippen molar-refractivity contribution in [2.75, 3.05) is 13.1 Å². The summed E-state index contributed by atoms with van der Waals surface area (Å²) in [6, 6.07) is -0.329.